The molecule has 86 valence electrons. The highest BCUT2D eigenvalue weighted by atomic mass is 16.6. The van der Waals surface area contributed by atoms with Crippen molar-refractivity contribution in [1.29, 1.82) is 0 Å². The number of nitrogens with zero attached hydrogens (tertiary/aromatic N) is 2. The molecule has 0 aliphatic carbocycles. The van der Waals surface area contributed by atoms with Gasteiger partial charge < -0.3 is 5.73 Å². The monoisotopic (exact) mass is 229 g/mol. The van der Waals surface area contributed by atoms with Gasteiger partial charge in [0.05, 0.1) is 4.92 Å². The number of hydrogen-bond donors (Lipinski definition) is 1. The van der Waals surface area contributed by atoms with Crippen LogP contribution in [0.25, 0.3) is 11.1 Å². The molecule has 1 aromatic heterocycles. The smallest absolute Gasteiger partial charge is 0.270 e. The first kappa shape index (κ1) is 11.2. The van der Waals surface area contributed by atoms with E-state index in [4.69, 9.17) is 5.73 Å². The summed E-state index contributed by atoms with van der Waals surface area (Å²) in [7, 11) is 0. The fraction of sp³-hybridized carbons (Fsp3) is 0.0833. The normalized spacial score (nSPS) is 10.2. The van der Waals surface area contributed by atoms with Crippen molar-refractivity contribution in [2.75, 3.05) is 0 Å². The summed E-state index contributed by atoms with van der Waals surface area (Å²) in [6, 6.07) is 8.33. The van der Waals surface area contributed by atoms with Gasteiger partial charge in [0.2, 0.25) is 0 Å². The molecule has 1 heterocycles. The Kier molecular flexibility index (Phi) is 3.11. The molecule has 0 spiro atoms. The summed E-state index contributed by atoms with van der Waals surface area (Å²) in [5.41, 5.74) is 8.09. The number of pyridine rings is 1. The second kappa shape index (κ2) is 4.71. The largest absolute Gasteiger partial charge is 0.326 e. The van der Waals surface area contributed by atoms with Gasteiger partial charge in [-0.3, -0.25) is 15.1 Å². The van der Waals surface area contributed by atoms with E-state index in [0.29, 0.717) is 6.54 Å². The van der Waals surface area contributed by atoms with E-state index in [2.05, 4.69) is 4.98 Å². The van der Waals surface area contributed by atoms with Gasteiger partial charge in [0.15, 0.2) is 0 Å². The highest BCUT2D eigenvalue weighted by Gasteiger charge is 2.07. The van der Waals surface area contributed by atoms with E-state index in [0.717, 1.165) is 16.7 Å². The SMILES string of the molecule is NCc1cncc(-c2cccc([N+](=O)[O-])c2)c1. The van der Waals surface area contributed by atoms with Crippen LogP contribution < -0.4 is 5.73 Å². The van der Waals surface area contributed by atoms with Crippen LogP contribution in [0.1, 0.15) is 5.56 Å². The van der Waals surface area contributed by atoms with Crippen molar-refractivity contribution < 1.29 is 4.92 Å². The number of rotatable bonds is 3. The topological polar surface area (TPSA) is 82.0 Å². The van der Waals surface area contributed by atoms with E-state index in [1.165, 1.54) is 12.1 Å². The molecular formula is C12H11N3O2. The van der Waals surface area contributed by atoms with Crippen molar-refractivity contribution in [3.63, 3.8) is 0 Å². The maximum Gasteiger partial charge on any atom is 0.270 e. The lowest BCUT2D eigenvalue weighted by atomic mass is 10.1. The van der Waals surface area contributed by atoms with Gasteiger partial charge in [-0.25, -0.2) is 0 Å². The van der Waals surface area contributed by atoms with Crippen LogP contribution in [0.15, 0.2) is 42.7 Å². The van der Waals surface area contributed by atoms with Crippen LogP contribution in [0.4, 0.5) is 5.69 Å². The summed E-state index contributed by atoms with van der Waals surface area (Å²) in [6.07, 6.45) is 3.35. The van der Waals surface area contributed by atoms with Crippen LogP contribution in [-0.2, 0) is 6.54 Å². The molecule has 0 aliphatic heterocycles. The molecule has 0 radical (unpaired) electrons. The summed E-state index contributed by atoms with van der Waals surface area (Å²) in [6.45, 7) is 0.399. The molecule has 2 N–H and O–H groups in total. The molecule has 0 amide bonds. The first-order valence-corrected chi connectivity index (χ1v) is 5.09. The third-order valence-electron chi connectivity index (χ3n) is 2.42. The Morgan fingerprint density at radius 3 is 2.76 bits per heavy atom. The third-order valence-corrected chi connectivity index (χ3v) is 2.42. The van der Waals surface area contributed by atoms with E-state index in [1.807, 2.05) is 12.1 Å². The van der Waals surface area contributed by atoms with E-state index in [9.17, 15) is 10.1 Å². The van der Waals surface area contributed by atoms with Crippen LogP contribution in [0, 0.1) is 10.1 Å². The van der Waals surface area contributed by atoms with Crippen molar-refractivity contribution in [2.24, 2.45) is 5.73 Å². The molecule has 17 heavy (non-hydrogen) atoms. The van der Waals surface area contributed by atoms with Crippen molar-refractivity contribution in [2.45, 2.75) is 6.54 Å². The highest BCUT2D eigenvalue weighted by Crippen LogP contribution is 2.23. The number of hydrogen-bond acceptors (Lipinski definition) is 4. The van der Waals surface area contributed by atoms with Crippen LogP contribution in [0.5, 0.6) is 0 Å². The van der Waals surface area contributed by atoms with E-state index in [-0.39, 0.29) is 5.69 Å². The third kappa shape index (κ3) is 2.46. The van der Waals surface area contributed by atoms with Crippen LogP contribution in [0.3, 0.4) is 0 Å². The van der Waals surface area contributed by atoms with Crippen molar-refractivity contribution in [1.82, 2.24) is 4.98 Å². The Balaban J connectivity index is 2.45. The number of aromatic nitrogens is 1. The second-order valence-electron chi connectivity index (χ2n) is 3.59. The number of benzene rings is 1. The maximum atomic E-state index is 10.7. The van der Waals surface area contributed by atoms with Crippen molar-refractivity contribution >= 4 is 5.69 Å². The summed E-state index contributed by atoms with van der Waals surface area (Å²) in [4.78, 5) is 14.3. The Hall–Kier alpha value is -2.27. The van der Waals surface area contributed by atoms with Crippen LogP contribution >= 0.6 is 0 Å². The molecule has 1 aromatic carbocycles. The Morgan fingerprint density at radius 1 is 1.24 bits per heavy atom. The van der Waals surface area contributed by atoms with Gasteiger partial charge in [0.25, 0.3) is 5.69 Å². The molecule has 0 atom stereocenters. The number of nitrogens with two attached hydrogens (primary N) is 1. The predicted octanol–water partition coefficient (Wildman–Crippen LogP) is 2.12. The van der Waals surface area contributed by atoms with E-state index >= 15 is 0 Å². The molecule has 2 rings (SSSR count). The van der Waals surface area contributed by atoms with E-state index in [1.54, 1.807) is 18.5 Å². The summed E-state index contributed by atoms with van der Waals surface area (Å²) in [5, 5.41) is 10.7. The zero-order chi connectivity index (χ0) is 12.3. The molecular weight excluding hydrogens is 218 g/mol. The lowest BCUT2D eigenvalue weighted by Crippen LogP contribution is -1.97. The number of non-ortho nitro benzene ring substituents is 1. The van der Waals surface area contributed by atoms with Crippen LogP contribution in [0.2, 0.25) is 0 Å². The standard InChI is InChI=1S/C12H11N3O2/c13-6-9-4-11(8-14-7-9)10-2-1-3-12(5-10)15(16)17/h1-5,7-8H,6,13H2. The minimum absolute atomic E-state index is 0.0700. The lowest BCUT2D eigenvalue weighted by Gasteiger charge is -2.03. The second-order valence-corrected chi connectivity index (χ2v) is 3.59. The van der Waals surface area contributed by atoms with Crippen LogP contribution in [-0.4, -0.2) is 9.91 Å². The average molecular weight is 229 g/mol. The van der Waals surface area contributed by atoms with Crippen molar-refractivity contribution in [3.05, 3.63) is 58.4 Å². The summed E-state index contributed by atoms with van der Waals surface area (Å²) >= 11 is 0. The Bertz CT molecular complexity index is 555. The first-order chi connectivity index (χ1) is 8.20. The number of nitro groups is 1. The number of nitro benzene ring substituents is 1. The molecule has 0 aliphatic rings. The zero-order valence-electron chi connectivity index (χ0n) is 9.04. The van der Waals surface area contributed by atoms with E-state index < -0.39 is 4.92 Å². The van der Waals surface area contributed by atoms with Gasteiger partial charge in [0.1, 0.15) is 0 Å². The molecule has 0 saturated carbocycles. The molecule has 0 bridgehead atoms. The fourth-order valence-corrected chi connectivity index (χ4v) is 1.56. The molecule has 0 unspecified atom stereocenters. The van der Waals surface area contributed by atoms with Gasteiger partial charge in [-0.1, -0.05) is 12.1 Å². The van der Waals surface area contributed by atoms with Gasteiger partial charge >= 0.3 is 0 Å². The maximum absolute atomic E-state index is 10.7. The van der Waals surface area contributed by atoms with Gasteiger partial charge in [-0.2, -0.15) is 0 Å². The molecule has 5 heteroatoms. The highest BCUT2D eigenvalue weighted by molar-refractivity contribution is 5.65. The quantitative estimate of drug-likeness (QED) is 0.645. The minimum Gasteiger partial charge on any atom is -0.326 e. The molecule has 5 nitrogen and oxygen atoms in total. The first-order valence-electron chi connectivity index (χ1n) is 5.09. The predicted molar refractivity (Wildman–Crippen MR) is 64.2 cm³/mol. The minimum atomic E-state index is -0.413. The zero-order valence-corrected chi connectivity index (χ0v) is 9.04. The lowest BCUT2D eigenvalue weighted by molar-refractivity contribution is -0.384. The summed E-state index contributed by atoms with van der Waals surface area (Å²) in [5.74, 6) is 0. The van der Waals surface area contributed by atoms with Gasteiger partial charge in [-0.05, 0) is 17.2 Å². The molecule has 0 saturated heterocycles. The molecule has 0 fully saturated rings. The molecule has 2 aromatic rings. The van der Waals surface area contributed by atoms with Gasteiger partial charge in [-0.15, -0.1) is 0 Å². The van der Waals surface area contributed by atoms with Crippen molar-refractivity contribution in [3.8, 4) is 11.1 Å². The van der Waals surface area contributed by atoms with Gasteiger partial charge in [0, 0.05) is 36.6 Å². The Labute approximate surface area is 98.1 Å². The Morgan fingerprint density at radius 2 is 2.06 bits per heavy atom. The summed E-state index contributed by atoms with van der Waals surface area (Å²) < 4.78 is 0. The average Bonchev–Trinajstić information content (AvgIpc) is 2.39. The fourth-order valence-electron chi connectivity index (χ4n) is 1.56.